The first-order valence-corrected chi connectivity index (χ1v) is 9.80. The number of rotatable bonds is 5. The van der Waals surface area contributed by atoms with Crippen LogP contribution in [-0.4, -0.2) is 24.9 Å². The lowest BCUT2D eigenvalue weighted by molar-refractivity contribution is -0.114. The van der Waals surface area contributed by atoms with E-state index in [9.17, 15) is 9.59 Å². The Balaban J connectivity index is 1.59. The normalized spacial score (nSPS) is 14.1. The molecule has 0 saturated carbocycles. The molecular weight excluding hydrogens is 374 g/mol. The second-order valence-electron chi connectivity index (χ2n) is 6.84. The van der Waals surface area contributed by atoms with Gasteiger partial charge < -0.3 is 15.5 Å². The van der Waals surface area contributed by atoms with Crippen LogP contribution >= 0.6 is 11.6 Å². The highest BCUT2D eigenvalue weighted by molar-refractivity contribution is 6.33. The van der Waals surface area contributed by atoms with E-state index in [0.29, 0.717) is 10.7 Å². The molecule has 1 aliphatic heterocycles. The van der Waals surface area contributed by atoms with Crippen molar-refractivity contribution < 1.29 is 9.59 Å². The van der Waals surface area contributed by atoms with Gasteiger partial charge in [0.25, 0.3) is 0 Å². The van der Waals surface area contributed by atoms with Crippen LogP contribution in [0.5, 0.6) is 0 Å². The van der Waals surface area contributed by atoms with Gasteiger partial charge in [-0.2, -0.15) is 0 Å². The van der Waals surface area contributed by atoms with Gasteiger partial charge >= 0.3 is 0 Å². The number of carbonyl (C=O) groups excluding carboxylic acids is 2. The molecule has 1 heterocycles. The molecule has 6 heteroatoms. The van der Waals surface area contributed by atoms with Gasteiger partial charge in [0, 0.05) is 37.5 Å². The van der Waals surface area contributed by atoms with Crippen LogP contribution in [0.3, 0.4) is 0 Å². The zero-order chi connectivity index (χ0) is 19.9. The SMILES string of the molecule is CC(=O)Nc1ccc(C=CC(=O)Nc2ccc(N3CCCCC3)c(Cl)c2)cc1. The van der Waals surface area contributed by atoms with Crippen molar-refractivity contribution in [2.45, 2.75) is 26.2 Å². The predicted octanol–water partition coefficient (Wildman–Crippen LogP) is 4.94. The summed E-state index contributed by atoms with van der Waals surface area (Å²) in [4.78, 5) is 25.5. The summed E-state index contributed by atoms with van der Waals surface area (Å²) in [5.74, 6) is -0.347. The van der Waals surface area contributed by atoms with Crippen molar-refractivity contribution in [1.82, 2.24) is 0 Å². The standard InChI is InChI=1S/C22H24ClN3O2/c1-16(27)24-18-8-5-17(6-9-18)7-12-22(28)25-19-10-11-21(20(23)15-19)26-13-3-2-4-14-26/h5-12,15H,2-4,13-14H2,1H3,(H,24,27)(H,25,28). The topological polar surface area (TPSA) is 61.4 Å². The van der Waals surface area contributed by atoms with Crippen LogP contribution in [0.4, 0.5) is 17.1 Å². The van der Waals surface area contributed by atoms with E-state index in [4.69, 9.17) is 11.6 Å². The van der Waals surface area contributed by atoms with E-state index in [0.717, 1.165) is 30.0 Å². The Bertz CT molecular complexity index is 872. The van der Waals surface area contributed by atoms with Crippen LogP contribution in [0.15, 0.2) is 48.5 Å². The van der Waals surface area contributed by atoms with Crippen LogP contribution < -0.4 is 15.5 Å². The number of hydrogen-bond acceptors (Lipinski definition) is 3. The number of nitrogens with zero attached hydrogens (tertiary/aromatic N) is 1. The third kappa shape index (κ3) is 5.60. The molecule has 2 N–H and O–H groups in total. The predicted molar refractivity (Wildman–Crippen MR) is 116 cm³/mol. The maximum atomic E-state index is 12.2. The lowest BCUT2D eigenvalue weighted by atomic mass is 10.1. The van der Waals surface area contributed by atoms with Crippen molar-refractivity contribution in [3.8, 4) is 0 Å². The molecule has 0 atom stereocenters. The summed E-state index contributed by atoms with van der Waals surface area (Å²) in [6.07, 6.45) is 6.83. The van der Waals surface area contributed by atoms with Crippen LogP contribution in [0.2, 0.25) is 5.02 Å². The molecule has 0 aliphatic carbocycles. The molecule has 1 aliphatic rings. The molecule has 5 nitrogen and oxygen atoms in total. The van der Waals surface area contributed by atoms with E-state index in [-0.39, 0.29) is 11.8 Å². The number of anilines is 3. The van der Waals surface area contributed by atoms with Crippen molar-refractivity contribution in [3.63, 3.8) is 0 Å². The molecule has 0 unspecified atom stereocenters. The fourth-order valence-electron chi connectivity index (χ4n) is 3.21. The minimum atomic E-state index is -0.229. The third-order valence-electron chi connectivity index (χ3n) is 4.57. The summed E-state index contributed by atoms with van der Waals surface area (Å²) in [6, 6.07) is 12.9. The zero-order valence-corrected chi connectivity index (χ0v) is 16.6. The number of nitrogens with one attached hydrogen (secondary N) is 2. The van der Waals surface area contributed by atoms with Gasteiger partial charge in [-0.1, -0.05) is 23.7 Å². The summed E-state index contributed by atoms with van der Waals surface area (Å²) < 4.78 is 0. The summed E-state index contributed by atoms with van der Waals surface area (Å²) in [5.41, 5.74) is 3.27. The van der Waals surface area contributed by atoms with Gasteiger partial charge in [0.05, 0.1) is 10.7 Å². The highest BCUT2D eigenvalue weighted by atomic mass is 35.5. The number of halogens is 1. The molecule has 1 saturated heterocycles. The molecule has 1 fully saturated rings. The summed E-state index contributed by atoms with van der Waals surface area (Å²) in [5, 5.41) is 6.19. The van der Waals surface area contributed by atoms with Crippen molar-refractivity contribution in [2.75, 3.05) is 28.6 Å². The lowest BCUT2D eigenvalue weighted by Crippen LogP contribution is -2.29. The van der Waals surface area contributed by atoms with Crippen LogP contribution in [0.1, 0.15) is 31.7 Å². The first-order chi connectivity index (χ1) is 13.5. The Labute approximate surface area is 170 Å². The van der Waals surface area contributed by atoms with E-state index < -0.39 is 0 Å². The molecular formula is C22H24ClN3O2. The first-order valence-electron chi connectivity index (χ1n) is 9.42. The number of piperidine rings is 1. The molecule has 0 spiro atoms. The summed E-state index contributed by atoms with van der Waals surface area (Å²) in [7, 11) is 0. The number of carbonyl (C=O) groups is 2. The van der Waals surface area contributed by atoms with Crippen molar-refractivity contribution in [3.05, 3.63) is 59.1 Å². The van der Waals surface area contributed by atoms with Gasteiger partial charge in [-0.25, -0.2) is 0 Å². The molecule has 0 radical (unpaired) electrons. The molecule has 28 heavy (non-hydrogen) atoms. The molecule has 2 aromatic rings. The largest absolute Gasteiger partial charge is 0.370 e. The molecule has 3 rings (SSSR count). The van der Waals surface area contributed by atoms with Crippen molar-refractivity contribution >= 4 is 46.6 Å². The van der Waals surface area contributed by atoms with Gasteiger partial charge in [0.1, 0.15) is 0 Å². The Kier molecular flexibility index (Phi) is 6.71. The van der Waals surface area contributed by atoms with E-state index in [1.807, 2.05) is 24.3 Å². The second kappa shape index (κ2) is 9.42. The summed E-state index contributed by atoms with van der Waals surface area (Å²) in [6.45, 7) is 3.51. The molecule has 146 valence electrons. The Morgan fingerprint density at radius 1 is 0.964 bits per heavy atom. The quantitative estimate of drug-likeness (QED) is 0.702. The number of benzene rings is 2. The highest BCUT2D eigenvalue weighted by Crippen LogP contribution is 2.30. The van der Waals surface area contributed by atoms with Gasteiger partial charge in [-0.15, -0.1) is 0 Å². The minimum absolute atomic E-state index is 0.118. The van der Waals surface area contributed by atoms with Gasteiger partial charge in [0.2, 0.25) is 11.8 Å². The van der Waals surface area contributed by atoms with Crippen LogP contribution in [0, 0.1) is 0 Å². The Morgan fingerprint density at radius 3 is 2.29 bits per heavy atom. The van der Waals surface area contributed by atoms with Gasteiger partial charge in [-0.3, -0.25) is 9.59 Å². The average Bonchev–Trinajstić information content (AvgIpc) is 2.68. The molecule has 0 bridgehead atoms. The van der Waals surface area contributed by atoms with E-state index in [1.165, 1.54) is 32.3 Å². The van der Waals surface area contributed by atoms with E-state index in [1.54, 1.807) is 24.3 Å². The van der Waals surface area contributed by atoms with Crippen molar-refractivity contribution in [2.24, 2.45) is 0 Å². The monoisotopic (exact) mass is 397 g/mol. The fraction of sp³-hybridized carbons (Fsp3) is 0.273. The van der Waals surface area contributed by atoms with Gasteiger partial charge in [0.15, 0.2) is 0 Å². The maximum absolute atomic E-state index is 12.2. The Hall–Kier alpha value is -2.79. The van der Waals surface area contributed by atoms with E-state index >= 15 is 0 Å². The third-order valence-corrected chi connectivity index (χ3v) is 4.87. The number of amides is 2. The first kappa shape index (κ1) is 20.0. The van der Waals surface area contributed by atoms with Crippen molar-refractivity contribution in [1.29, 1.82) is 0 Å². The van der Waals surface area contributed by atoms with Crippen LogP contribution in [-0.2, 0) is 9.59 Å². The van der Waals surface area contributed by atoms with Crippen LogP contribution in [0.25, 0.3) is 6.08 Å². The molecule has 0 aromatic heterocycles. The van der Waals surface area contributed by atoms with Gasteiger partial charge in [-0.05, 0) is 61.2 Å². The number of hydrogen-bond donors (Lipinski definition) is 2. The lowest BCUT2D eigenvalue weighted by Gasteiger charge is -2.29. The highest BCUT2D eigenvalue weighted by Gasteiger charge is 2.14. The second-order valence-corrected chi connectivity index (χ2v) is 7.25. The maximum Gasteiger partial charge on any atom is 0.248 e. The van der Waals surface area contributed by atoms with E-state index in [2.05, 4.69) is 15.5 Å². The summed E-state index contributed by atoms with van der Waals surface area (Å²) >= 11 is 6.43. The molecule has 2 amide bonds. The minimum Gasteiger partial charge on any atom is -0.370 e. The molecule has 2 aromatic carbocycles. The zero-order valence-electron chi connectivity index (χ0n) is 15.9. The fourth-order valence-corrected chi connectivity index (χ4v) is 3.51. The average molecular weight is 398 g/mol. The smallest absolute Gasteiger partial charge is 0.248 e. The Morgan fingerprint density at radius 2 is 1.64 bits per heavy atom.